The third-order valence-electron chi connectivity index (χ3n) is 5.56. The molecule has 1 amide bonds. The van der Waals surface area contributed by atoms with E-state index in [0.29, 0.717) is 18.2 Å². The van der Waals surface area contributed by atoms with E-state index in [0.717, 1.165) is 34.4 Å². The molecule has 6 nitrogen and oxygen atoms in total. The monoisotopic (exact) mass is 495 g/mol. The number of hydrogen-bond acceptors (Lipinski definition) is 6. The summed E-state index contributed by atoms with van der Waals surface area (Å²) in [6, 6.07) is 12.2. The average molecular weight is 496 g/mol. The van der Waals surface area contributed by atoms with E-state index in [9.17, 15) is 13.2 Å². The summed E-state index contributed by atoms with van der Waals surface area (Å²) < 4.78 is 26.6. The van der Waals surface area contributed by atoms with Gasteiger partial charge in [0, 0.05) is 13.1 Å². The predicted molar refractivity (Wildman–Crippen MR) is 135 cm³/mol. The summed E-state index contributed by atoms with van der Waals surface area (Å²) in [6.45, 7) is 10.9. The maximum absolute atomic E-state index is 13.2. The van der Waals surface area contributed by atoms with Crippen molar-refractivity contribution in [3.05, 3.63) is 53.6 Å². The minimum Gasteiger partial charge on any atom is -0.302 e. The van der Waals surface area contributed by atoms with Crippen LogP contribution in [0.15, 0.2) is 47.4 Å². The minimum atomic E-state index is -3.74. The molecule has 0 fully saturated rings. The summed E-state index contributed by atoms with van der Waals surface area (Å²) in [4.78, 5) is 21.9. The SMILES string of the molecule is CCN(CC)CCN(C(=O)CS(=O)(=O)c1ccccc1)c1nc2c(C)c(C)ccc2s1.Cl. The van der Waals surface area contributed by atoms with Crippen molar-refractivity contribution < 1.29 is 13.2 Å². The number of amides is 1. The summed E-state index contributed by atoms with van der Waals surface area (Å²) in [7, 11) is -3.74. The van der Waals surface area contributed by atoms with Crippen LogP contribution in [0.25, 0.3) is 10.2 Å². The van der Waals surface area contributed by atoms with E-state index in [1.807, 2.05) is 26.0 Å². The number of nitrogens with zero attached hydrogens (tertiary/aromatic N) is 3. The third kappa shape index (κ3) is 5.86. The van der Waals surface area contributed by atoms with Crippen molar-refractivity contribution >= 4 is 54.8 Å². The maximum atomic E-state index is 13.2. The number of fused-ring (bicyclic) bond motifs is 1. The van der Waals surface area contributed by atoms with Crippen molar-refractivity contribution in [3.8, 4) is 0 Å². The Bertz CT molecular complexity index is 1160. The number of rotatable bonds is 9. The molecule has 174 valence electrons. The topological polar surface area (TPSA) is 70.6 Å². The van der Waals surface area contributed by atoms with Gasteiger partial charge >= 0.3 is 0 Å². The third-order valence-corrected chi connectivity index (χ3v) is 8.22. The number of thiazole rings is 1. The Balaban J connectivity index is 0.00000363. The van der Waals surface area contributed by atoms with E-state index in [4.69, 9.17) is 4.98 Å². The van der Waals surface area contributed by atoms with Crippen LogP contribution in [0.1, 0.15) is 25.0 Å². The number of carbonyl (C=O) groups excluding carboxylic acids is 1. The molecule has 2 aromatic carbocycles. The number of aryl methyl sites for hydroxylation is 2. The van der Waals surface area contributed by atoms with Crippen molar-refractivity contribution in [1.29, 1.82) is 0 Å². The molecule has 3 aromatic rings. The first-order valence-electron chi connectivity index (χ1n) is 10.4. The van der Waals surface area contributed by atoms with Gasteiger partial charge in [-0.05, 0) is 56.3 Å². The molecule has 9 heteroatoms. The standard InChI is InChI=1S/C23H29N3O3S2.ClH/c1-5-25(6-2)14-15-26(21(27)16-31(28,29)19-10-8-7-9-11-19)23-24-22-18(4)17(3)12-13-20(22)30-23;/h7-13H,5-6,14-16H2,1-4H3;1H. The summed E-state index contributed by atoms with van der Waals surface area (Å²) in [5.41, 5.74) is 3.08. The first kappa shape index (κ1) is 26.3. The quantitative estimate of drug-likeness (QED) is 0.437. The van der Waals surface area contributed by atoms with Crippen molar-refractivity contribution in [3.63, 3.8) is 0 Å². The fourth-order valence-corrected chi connectivity index (χ4v) is 5.68. The predicted octanol–water partition coefficient (Wildman–Crippen LogP) is 4.48. The lowest BCUT2D eigenvalue weighted by Gasteiger charge is -2.24. The van der Waals surface area contributed by atoms with Crippen molar-refractivity contribution in [2.45, 2.75) is 32.6 Å². The Morgan fingerprint density at radius 1 is 1.00 bits per heavy atom. The van der Waals surface area contributed by atoms with Crippen LogP contribution in [0.4, 0.5) is 5.13 Å². The Labute approximate surface area is 200 Å². The van der Waals surface area contributed by atoms with E-state index in [-0.39, 0.29) is 17.3 Å². The molecule has 0 bridgehead atoms. The van der Waals surface area contributed by atoms with Crippen LogP contribution in [-0.2, 0) is 14.6 Å². The van der Waals surface area contributed by atoms with Crippen LogP contribution in [0.2, 0.25) is 0 Å². The summed E-state index contributed by atoms with van der Waals surface area (Å²) in [5, 5.41) is 0.545. The number of sulfone groups is 1. The van der Waals surface area contributed by atoms with Gasteiger partial charge in [0.2, 0.25) is 5.91 Å². The molecule has 0 unspecified atom stereocenters. The van der Waals surface area contributed by atoms with E-state index >= 15 is 0 Å². The first-order valence-corrected chi connectivity index (χ1v) is 12.9. The van der Waals surface area contributed by atoms with Crippen LogP contribution < -0.4 is 4.90 Å². The Kier molecular flexibility index (Phi) is 9.21. The van der Waals surface area contributed by atoms with Crippen molar-refractivity contribution in [2.75, 3.05) is 36.8 Å². The number of halogens is 1. The Morgan fingerprint density at radius 3 is 2.28 bits per heavy atom. The highest BCUT2D eigenvalue weighted by atomic mass is 35.5. The highest BCUT2D eigenvalue weighted by Gasteiger charge is 2.27. The molecule has 3 rings (SSSR count). The summed E-state index contributed by atoms with van der Waals surface area (Å²) in [5.74, 6) is -1.03. The second-order valence-electron chi connectivity index (χ2n) is 7.50. The normalized spacial score (nSPS) is 11.5. The molecule has 0 aliphatic rings. The van der Waals surface area contributed by atoms with E-state index in [1.54, 1.807) is 18.2 Å². The average Bonchev–Trinajstić information content (AvgIpc) is 3.19. The number of carbonyl (C=O) groups is 1. The van der Waals surface area contributed by atoms with E-state index in [1.165, 1.54) is 28.4 Å². The van der Waals surface area contributed by atoms with Crippen LogP contribution in [0, 0.1) is 13.8 Å². The van der Waals surface area contributed by atoms with E-state index < -0.39 is 21.5 Å². The summed E-state index contributed by atoms with van der Waals surface area (Å²) >= 11 is 1.43. The Hall–Kier alpha value is -2.00. The van der Waals surface area contributed by atoms with Gasteiger partial charge in [-0.1, -0.05) is 49.4 Å². The molecular weight excluding hydrogens is 466 g/mol. The molecule has 1 aromatic heterocycles. The van der Waals surface area contributed by atoms with E-state index in [2.05, 4.69) is 18.7 Å². The summed E-state index contributed by atoms with van der Waals surface area (Å²) in [6.07, 6.45) is 0. The molecule has 0 atom stereocenters. The highest BCUT2D eigenvalue weighted by molar-refractivity contribution is 7.92. The van der Waals surface area contributed by atoms with Gasteiger partial charge in [-0.25, -0.2) is 13.4 Å². The first-order chi connectivity index (χ1) is 14.8. The fourth-order valence-electron chi connectivity index (χ4n) is 3.39. The molecule has 0 N–H and O–H groups in total. The Morgan fingerprint density at radius 2 is 1.66 bits per heavy atom. The van der Waals surface area contributed by atoms with Gasteiger partial charge in [0.25, 0.3) is 0 Å². The molecule has 0 saturated heterocycles. The zero-order chi connectivity index (χ0) is 22.6. The largest absolute Gasteiger partial charge is 0.302 e. The molecule has 0 saturated carbocycles. The van der Waals surface area contributed by atoms with Gasteiger partial charge in [-0.2, -0.15) is 0 Å². The molecule has 0 aliphatic carbocycles. The van der Waals surface area contributed by atoms with Gasteiger partial charge in [-0.3, -0.25) is 9.69 Å². The molecule has 32 heavy (non-hydrogen) atoms. The number of anilines is 1. The maximum Gasteiger partial charge on any atom is 0.244 e. The van der Waals surface area contributed by atoms with Gasteiger partial charge in [0.15, 0.2) is 15.0 Å². The van der Waals surface area contributed by atoms with Gasteiger partial charge in [0.1, 0.15) is 5.75 Å². The molecule has 1 heterocycles. The lowest BCUT2D eigenvalue weighted by Crippen LogP contribution is -2.41. The van der Waals surface area contributed by atoms with Gasteiger partial charge in [0.05, 0.1) is 15.1 Å². The van der Waals surface area contributed by atoms with Crippen LogP contribution in [-0.4, -0.2) is 56.1 Å². The van der Waals surface area contributed by atoms with Crippen molar-refractivity contribution in [2.24, 2.45) is 0 Å². The lowest BCUT2D eigenvalue weighted by atomic mass is 10.1. The smallest absolute Gasteiger partial charge is 0.244 e. The zero-order valence-corrected chi connectivity index (χ0v) is 21.3. The molecule has 0 aliphatic heterocycles. The number of hydrogen-bond donors (Lipinski definition) is 0. The second kappa shape index (κ2) is 11.2. The van der Waals surface area contributed by atoms with Gasteiger partial charge in [-0.15, -0.1) is 12.4 Å². The van der Waals surface area contributed by atoms with Crippen LogP contribution in [0.5, 0.6) is 0 Å². The van der Waals surface area contributed by atoms with Gasteiger partial charge < -0.3 is 4.90 Å². The van der Waals surface area contributed by atoms with Crippen molar-refractivity contribution in [1.82, 2.24) is 9.88 Å². The minimum absolute atomic E-state index is 0. The zero-order valence-electron chi connectivity index (χ0n) is 18.9. The highest BCUT2D eigenvalue weighted by Crippen LogP contribution is 2.32. The number of likely N-dealkylation sites (N-methyl/N-ethyl adjacent to an activating group) is 1. The second-order valence-corrected chi connectivity index (χ2v) is 10.5. The number of benzene rings is 2. The molecular formula is C23H30ClN3O3S2. The van der Waals surface area contributed by atoms with Crippen LogP contribution in [0.3, 0.4) is 0 Å². The fraction of sp³-hybridized carbons (Fsp3) is 0.391. The number of aromatic nitrogens is 1. The lowest BCUT2D eigenvalue weighted by molar-refractivity contribution is -0.116. The van der Waals surface area contributed by atoms with Crippen LogP contribution >= 0.6 is 23.7 Å². The molecule has 0 spiro atoms. The molecule has 0 radical (unpaired) electrons.